The number of rotatable bonds is 5. The van der Waals surface area contributed by atoms with Gasteiger partial charge in [-0.2, -0.15) is 0 Å². The van der Waals surface area contributed by atoms with E-state index in [4.69, 9.17) is 4.74 Å². The molecule has 1 unspecified atom stereocenters. The first kappa shape index (κ1) is 18.6. The molecule has 0 aliphatic carbocycles. The summed E-state index contributed by atoms with van der Waals surface area (Å²) in [6, 6.07) is 19.3. The van der Waals surface area contributed by atoms with E-state index in [0.29, 0.717) is 0 Å². The van der Waals surface area contributed by atoms with Gasteiger partial charge < -0.3 is 4.74 Å². The zero-order valence-electron chi connectivity index (χ0n) is 15.2. The predicted molar refractivity (Wildman–Crippen MR) is 103 cm³/mol. The molecule has 3 aromatic rings. The molecule has 144 valence electrons. The molecule has 0 bridgehead atoms. The van der Waals surface area contributed by atoms with Gasteiger partial charge in [0.2, 0.25) is 0 Å². The number of benzene rings is 3. The molecular formula is C23H16FNO4. The SMILES string of the molecule is O=C(Oc1ccc(F)cc1)C(Cc1ccccc1)N1C(=O)c2ccccc2C1=O. The van der Waals surface area contributed by atoms with E-state index >= 15 is 0 Å². The van der Waals surface area contributed by atoms with Crippen molar-refractivity contribution in [1.29, 1.82) is 0 Å². The first-order chi connectivity index (χ1) is 14.0. The number of nitrogens with zero attached hydrogens (tertiary/aromatic N) is 1. The lowest BCUT2D eigenvalue weighted by molar-refractivity contribution is -0.138. The van der Waals surface area contributed by atoms with Crippen molar-refractivity contribution < 1.29 is 23.5 Å². The molecule has 6 heteroatoms. The summed E-state index contributed by atoms with van der Waals surface area (Å²) >= 11 is 0. The number of carbonyl (C=O) groups excluding carboxylic acids is 3. The molecular weight excluding hydrogens is 373 g/mol. The summed E-state index contributed by atoms with van der Waals surface area (Å²) in [6.45, 7) is 0. The number of hydrogen-bond acceptors (Lipinski definition) is 4. The number of esters is 1. The van der Waals surface area contributed by atoms with Gasteiger partial charge in [0, 0.05) is 6.42 Å². The normalized spacial score (nSPS) is 13.9. The second-order valence-corrected chi connectivity index (χ2v) is 6.61. The number of amides is 2. The van der Waals surface area contributed by atoms with Gasteiger partial charge in [-0.15, -0.1) is 0 Å². The van der Waals surface area contributed by atoms with Crippen LogP contribution in [-0.4, -0.2) is 28.7 Å². The molecule has 0 fully saturated rings. The van der Waals surface area contributed by atoms with Crippen molar-refractivity contribution in [3.05, 3.63) is 101 Å². The third-order valence-corrected chi connectivity index (χ3v) is 4.71. The zero-order valence-corrected chi connectivity index (χ0v) is 15.2. The van der Waals surface area contributed by atoms with Crippen LogP contribution >= 0.6 is 0 Å². The van der Waals surface area contributed by atoms with Crippen LogP contribution in [-0.2, 0) is 11.2 Å². The number of fused-ring (bicyclic) bond motifs is 1. The predicted octanol–water partition coefficient (Wildman–Crippen LogP) is 3.64. The molecule has 0 saturated heterocycles. The largest absolute Gasteiger partial charge is 0.425 e. The number of halogens is 1. The van der Waals surface area contributed by atoms with Crippen molar-refractivity contribution in [2.45, 2.75) is 12.5 Å². The highest BCUT2D eigenvalue weighted by Crippen LogP contribution is 2.27. The lowest BCUT2D eigenvalue weighted by atomic mass is 10.0. The van der Waals surface area contributed by atoms with Crippen molar-refractivity contribution in [1.82, 2.24) is 4.90 Å². The van der Waals surface area contributed by atoms with Crippen LogP contribution in [0.4, 0.5) is 4.39 Å². The Hall–Kier alpha value is -3.80. The minimum Gasteiger partial charge on any atom is -0.425 e. The molecule has 5 nitrogen and oxygen atoms in total. The van der Waals surface area contributed by atoms with E-state index in [-0.39, 0.29) is 23.3 Å². The smallest absolute Gasteiger partial charge is 0.335 e. The second kappa shape index (κ2) is 7.67. The Morgan fingerprint density at radius 1 is 0.828 bits per heavy atom. The molecule has 2 amide bonds. The number of imide groups is 1. The quantitative estimate of drug-likeness (QED) is 0.380. The fourth-order valence-electron chi connectivity index (χ4n) is 3.30. The van der Waals surface area contributed by atoms with E-state index < -0.39 is 29.6 Å². The van der Waals surface area contributed by atoms with Gasteiger partial charge in [-0.3, -0.25) is 14.5 Å². The summed E-state index contributed by atoms with van der Waals surface area (Å²) < 4.78 is 18.5. The molecule has 0 aromatic heterocycles. The lowest BCUT2D eigenvalue weighted by Crippen LogP contribution is -2.48. The number of ether oxygens (including phenoxy) is 1. The third kappa shape index (κ3) is 3.65. The monoisotopic (exact) mass is 389 g/mol. The zero-order chi connectivity index (χ0) is 20.4. The first-order valence-electron chi connectivity index (χ1n) is 9.02. The summed E-state index contributed by atoms with van der Waals surface area (Å²) in [6.07, 6.45) is 0.104. The fraction of sp³-hybridized carbons (Fsp3) is 0.0870. The van der Waals surface area contributed by atoms with Gasteiger partial charge in [-0.05, 0) is 42.0 Å². The highest BCUT2D eigenvalue weighted by molar-refractivity contribution is 6.22. The van der Waals surface area contributed by atoms with Gasteiger partial charge in [0.25, 0.3) is 11.8 Å². The van der Waals surface area contributed by atoms with Crippen LogP contribution in [0, 0.1) is 5.82 Å². The highest BCUT2D eigenvalue weighted by Gasteiger charge is 2.43. The Morgan fingerprint density at radius 2 is 1.38 bits per heavy atom. The Balaban J connectivity index is 1.67. The number of carbonyl (C=O) groups is 3. The molecule has 3 aromatic carbocycles. The van der Waals surface area contributed by atoms with Crippen LogP contribution in [0.25, 0.3) is 0 Å². The summed E-state index contributed by atoms with van der Waals surface area (Å²) in [7, 11) is 0. The maximum atomic E-state index is 13.1. The standard InChI is InChI=1S/C23H16FNO4/c24-16-10-12-17(13-11-16)29-23(28)20(14-15-6-2-1-3-7-15)25-21(26)18-8-4-5-9-19(18)22(25)27/h1-13,20H,14H2. The Kier molecular flexibility index (Phi) is 4.91. The average molecular weight is 389 g/mol. The molecule has 0 saturated carbocycles. The van der Waals surface area contributed by atoms with Gasteiger partial charge in [-0.25, -0.2) is 9.18 Å². The third-order valence-electron chi connectivity index (χ3n) is 4.71. The minimum atomic E-state index is -1.16. The Morgan fingerprint density at radius 3 is 1.97 bits per heavy atom. The van der Waals surface area contributed by atoms with Gasteiger partial charge >= 0.3 is 5.97 Å². The van der Waals surface area contributed by atoms with Gasteiger partial charge in [0.15, 0.2) is 0 Å². The van der Waals surface area contributed by atoms with Crippen molar-refractivity contribution >= 4 is 17.8 Å². The van der Waals surface area contributed by atoms with Crippen molar-refractivity contribution in [2.75, 3.05) is 0 Å². The molecule has 1 atom stereocenters. The molecule has 29 heavy (non-hydrogen) atoms. The summed E-state index contributed by atoms with van der Waals surface area (Å²) in [5.74, 6) is -2.18. The van der Waals surface area contributed by atoms with E-state index in [1.165, 1.54) is 12.1 Å². The highest BCUT2D eigenvalue weighted by atomic mass is 19.1. The van der Waals surface area contributed by atoms with E-state index in [0.717, 1.165) is 22.6 Å². The Bertz CT molecular complexity index is 1040. The van der Waals surface area contributed by atoms with E-state index in [1.54, 1.807) is 48.5 Å². The van der Waals surface area contributed by atoms with Crippen LogP contribution in [0.15, 0.2) is 78.9 Å². The molecule has 1 heterocycles. The molecule has 0 N–H and O–H groups in total. The van der Waals surface area contributed by atoms with Crippen LogP contribution in [0.2, 0.25) is 0 Å². The second-order valence-electron chi connectivity index (χ2n) is 6.61. The van der Waals surface area contributed by atoms with Gasteiger partial charge in [-0.1, -0.05) is 42.5 Å². The Labute approximate surface area is 166 Å². The average Bonchev–Trinajstić information content (AvgIpc) is 2.99. The van der Waals surface area contributed by atoms with E-state index in [1.807, 2.05) is 6.07 Å². The van der Waals surface area contributed by atoms with Crippen LogP contribution < -0.4 is 4.74 Å². The van der Waals surface area contributed by atoms with Crippen molar-refractivity contribution in [3.63, 3.8) is 0 Å². The summed E-state index contributed by atoms with van der Waals surface area (Å²) in [5.41, 5.74) is 1.28. The van der Waals surface area contributed by atoms with Gasteiger partial charge in [0.05, 0.1) is 11.1 Å². The minimum absolute atomic E-state index is 0.104. The summed E-state index contributed by atoms with van der Waals surface area (Å²) in [5, 5.41) is 0. The summed E-state index contributed by atoms with van der Waals surface area (Å²) in [4.78, 5) is 39.7. The first-order valence-corrected chi connectivity index (χ1v) is 9.02. The molecule has 0 radical (unpaired) electrons. The van der Waals surface area contributed by atoms with Gasteiger partial charge in [0.1, 0.15) is 17.6 Å². The van der Waals surface area contributed by atoms with Crippen LogP contribution in [0.1, 0.15) is 26.3 Å². The van der Waals surface area contributed by atoms with Crippen LogP contribution in [0.3, 0.4) is 0 Å². The topological polar surface area (TPSA) is 63.7 Å². The van der Waals surface area contributed by atoms with E-state index in [9.17, 15) is 18.8 Å². The number of hydrogen-bond donors (Lipinski definition) is 0. The van der Waals surface area contributed by atoms with Crippen LogP contribution in [0.5, 0.6) is 5.75 Å². The molecule has 0 spiro atoms. The molecule has 1 aliphatic rings. The van der Waals surface area contributed by atoms with E-state index in [2.05, 4.69) is 0 Å². The van der Waals surface area contributed by atoms with Crippen molar-refractivity contribution in [3.8, 4) is 5.75 Å². The molecule has 4 rings (SSSR count). The fourth-order valence-corrected chi connectivity index (χ4v) is 3.30. The molecule has 1 aliphatic heterocycles. The maximum absolute atomic E-state index is 13.1. The van der Waals surface area contributed by atoms with Crippen molar-refractivity contribution in [2.24, 2.45) is 0 Å². The maximum Gasteiger partial charge on any atom is 0.335 e. The lowest BCUT2D eigenvalue weighted by Gasteiger charge is -2.24.